The van der Waals surface area contributed by atoms with Gasteiger partial charge in [0.15, 0.2) is 6.29 Å². The number of halogens is 2. The third-order valence-electron chi connectivity index (χ3n) is 3.14. The molecular weight excluding hydrogens is 396 g/mol. The van der Waals surface area contributed by atoms with Crippen molar-refractivity contribution in [3.8, 4) is 17.1 Å². The second-order valence-electron chi connectivity index (χ2n) is 4.42. The third kappa shape index (κ3) is 2.71. The van der Waals surface area contributed by atoms with E-state index >= 15 is 0 Å². The number of aromatic nitrogens is 2. The first-order valence-electron chi connectivity index (χ1n) is 6.24. The van der Waals surface area contributed by atoms with E-state index in [0.29, 0.717) is 5.56 Å². The Kier molecular flexibility index (Phi) is 4.03. The van der Waals surface area contributed by atoms with Crippen molar-refractivity contribution in [2.45, 2.75) is 0 Å². The molecule has 0 atom stereocenters. The van der Waals surface area contributed by atoms with E-state index in [1.807, 2.05) is 47.2 Å². The number of rotatable bonds is 3. The lowest BCUT2D eigenvalue weighted by molar-refractivity contribution is 0.112. The van der Waals surface area contributed by atoms with E-state index in [1.165, 1.54) is 0 Å². The molecule has 3 rings (SSSR count). The minimum atomic E-state index is 0.626. The Balaban J connectivity index is 2.14. The number of imidazole rings is 1. The van der Waals surface area contributed by atoms with Gasteiger partial charge in [-0.15, -0.1) is 0 Å². The molecule has 0 aliphatic heterocycles. The van der Waals surface area contributed by atoms with Gasteiger partial charge in [-0.3, -0.25) is 9.36 Å². The van der Waals surface area contributed by atoms with Crippen molar-refractivity contribution >= 4 is 38.1 Å². The molecule has 5 heteroatoms. The standard InChI is InChI=1S/C16H10Br2N2O/c17-14-4-2-1-3-13(14)16-19-7-8-20(16)12-6-5-11(10-21)15(18)9-12/h1-10H. The Labute approximate surface area is 138 Å². The van der Waals surface area contributed by atoms with E-state index in [4.69, 9.17) is 0 Å². The van der Waals surface area contributed by atoms with E-state index in [0.717, 1.165) is 32.3 Å². The maximum Gasteiger partial charge on any atom is 0.151 e. The summed E-state index contributed by atoms with van der Waals surface area (Å²) in [7, 11) is 0. The predicted octanol–water partition coefficient (Wildman–Crippen LogP) is 4.88. The SMILES string of the molecule is O=Cc1ccc(-n2ccnc2-c2ccccc2Br)cc1Br. The van der Waals surface area contributed by atoms with Crippen LogP contribution in [0.25, 0.3) is 17.1 Å². The molecule has 1 heterocycles. The number of aldehydes is 1. The van der Waals surface area contributed by atoms with Gasteiger partial charge in [0.2, 0.25) is 0 Å². The van der Waals surface area contributed by atoms with Crippen LogP contribution in [-0.4, -0.2) is 15.8 Å². The van der Waals surface area contributed by atoms with Gasteiger partial charge >= 0.3 is 0 Å². The quantitative estimate of drug-likeness (QED) is 0.582. The Morgan fingerprint density at radius 3 is 2.57 bits per heavy atom. The van der Waals surface area contributed by atoms with Gasteiger partial charge < -0.3 is 0 Å². The Bertz CT molecular complexity index is 812. The van der Waals surface area contributed by atoms with E-state index in [2.05, 4.69) is 36.8 Å². The van der Waals surface area contributed by atoms with Gasteiger partial charge in [-0.05, 0) is 40.2 Å². The fraction of sp³-hybridized carbons (Fsp3) is 0. The number of hydrogen-bond donors (Lipinski definition) is 0. The van der Waals surface area contributed by atoms with Crippen molar-refractivity contribution in [2.24, 2.45) is 0 Å². The Hall–Kier alpha value is -1.72. The molecule has 0 aliphatic carbocycles. The lowest BCUT2D eigenvalue weighted by atomic mass is 10.2. The second-order valence-corrected chi connectivity index (χ2v) is 6.13. The molecule has 21 heavy (non-hydrogen) atoms. The molecule has 0 spiro atoms. The first-order valence-corrected chi connectivity index (χ1v) is 7.82. The summed E-state index contributed by atoms with van der Waals surface area (Å²) in [6, 6.07) is 13.5. The fourth-order valence-corrected chi connectivity index (χ4v) is 3.04. The van der Waals surface area contributed by atoms with Crippen LogP contribution >= 0.6 is 31.9 Å². The molecule has 0 radical (unpaired) electrons. The molecule has 1 aromatic heterocycles. The summed E-state index contributed by atoms with van der Waals surface area (Å²) in [5.74, 6) is 0.841. The molecule has 0 saturated heterocycles. The molecule has 0 bridgehead atoms. The zero-order chi connectivity index (χ0) is 14.8. The number of benzene rings is 2. The van der Waals surface area contributed by atoms with E-state index < -0.39 is 0 Å². The Morgan fingerprint density at radius 1 is 1.05 bits per heavy atom. The Morgan fingerprint density at radius 2 is 1.86 bits per heavy atom. The van der Waals surface area contributed by atoms with Crippen LogP contribution in [0.1, 0.15) is 10.4 Å². The van der Waals surface area contributed by atoms with Gasteiger partial charge in [0, 0.05) is 38.2 Å². The lowest BCUT2D eigenvalue weighted by Crippen LogP contribution is -1.97. The molecule has 0 unspecified atom stereocenters. The second kappa shape index (κ2) is 5.95. The first-order chi connectivity index (χ1) is 10.2. The summed E-state index contributed by atoms with van der Waals surface area (Å²) in [5, 5.41) is 0. The molecule has 2 aromatic carbocycles. The van der Waals surface area contributed by atoms with Crippen molar-refractivity contribution in [3.63, 3.8) is 0 Å². The number of carbonyl (C=O) groups is 1. The monoisotopic (exact) mass is 404 g/mol. The lowest BCUT2D eigenvalue weighted by Gasteiger charge is -2.10. The average Bonchev–Trinajstić information content (AvgIpc) is 2.97. The molecule has 3 nitrogen and oxygen atoms in total. The highest BCUT2D eigenvalue weighted by Crippen LogP contribution is 2.29. The van der Waals surface area contributed by atoms with Crippen LogP contribution in [0.3, 0.4) is 0 Å². The summed E-state index contributed by atoms with van der Waals surface area (Å²) < 4.78 is 3.74. The summed E-state index contributed by atoms with van der Waals surface area (Å²) in [6.07, 6.45) is 4.49. The van der Waals surface area contributed by atoms with Gasteiger partial charge in [0.25, 0.3) is 0 Å². The van der Waals surface area contributed by atoms with Gasteiger partial charge in [-0.25, -0.2) is 4.98 Å². The summed E-state index contributed by atoms with van der Waals surface area (Å²) >= 11 is 6.97. The first kappa shape index (κ1) is 14.2. The molecular formula is C16H10Br2N2O. The summed E-state index contributed by atoms with van der Waals surface area (Å²) in [4.78, 5) is 15.3. The molecule has 0 aliphatic rings. The van der Waals surface area contributed by atoms with Gasteiger partial charge in [-0.1, -0.05) is 34.1 Å². The predicted molar refractivity (Wildman–Crippen MR) is 89.8 cm³/mol. The van der Waals surface area contributed by atoms with Crippen LogP contribution in [0.4, 0.5) is 0 Å². The van der Waals surface area contributed by atoms with Crippen molar-refractivity contribution in [1.29, 1.82) is 0 Å². The maximum absolute atomic E-state index is 10.9. The van der Waals surface area contributed by atoms with Gasteiger partial charge in [-0.2, -0.15) is 0 Å². The van der Waals surface area contributed by atoms with Crippen molar-refractivity contribution in [3.05, 3.63) is 69.4 Å². The number of carbonyl (C=O) groups excluding carboxylic acids is 1. The molecule has 104 valence electrons. The van der Waals surface area contributed by atoms with Crippen LogP contribution in [0.15, 0.2) is 63.8 Å². The van der Waals surface area contributed by atoms with Gasteiger partial charge in [0.05, 0.1) is 0 Å². The minimum absolute atomic E-state index is 0.626. The van der Waals surface area contributed by atoms with E-state index in [-0.39, 0.29) is 0 Å². The van der Waals surface area contributed by atoms with E-state index in [1.54, 1.807) is 12.3 Å². The summed E-state index contributed by atoms with van der Waals surface area (Å²) in [5.41, 5.74) is 2.58. The van der Waals surface area contributed by atoms with Crippen LogP contribution in [0.5, 0.6) is 0 Å². The number of nitrogens with zero attached hydrogens (tertiary/aromatic N) is 2. The normalized spacial score (nSPS) is 10.6. The highest BCUT2D eigenvalue weighted by atomic mass is 79.9. The van der Waals surface area contributed by atoms with E-state index in [9.17, 15) is 4.79 Å². The highest BCUT2D eigenvalue weighted by Gasteiger charge is 2.11. The summed E-state index contributed by atoms with van der Waals surface area (Å²) in [6.45, 7) is 0. The van der Waals surface area contributed by atoms with Crippen LogP contribution in [0.2, 0.25) is 0 Å². The van der Waals surface area contributed by atoms with Crippen LogP contribution in [-0.2, 0) is 0 Å². The zero-order valence-electron chi connectivity index (χ0n) is 10.8. The van der Waals surface area contributed by atoms with Crippen LogP contribution in [0, 0.1) is 0 Å². The molecule has 0 fully saturated rings. The van der Waals surface area contributed by atoms with Crippen molar-refractivity contribution in [1.82, 2.24) is 9.55 Å². The molecule has 3 aromatic rings. The van der Waals surface area contributed by atoms with Crippen molar-refractivity contribution < 1.29 is 4.79 Å². The topological polar surface area (TPSA) is 34.9 Å². The van der Waals surface area contributed by atoms with Gasteiger partial charge in [0.1, 0.15) is 5.82 Å². The smallest absolute Gasteiger partial charge is 0.151 e. The molecule has 0 amide bonds. The average molecular weight is 406 g/mol. The number of hydrogen-bond acceptors (Lipinski definition) is 2. The highest BCUT2D eigenvalue weighted by molar-refractivity contribution is 9.10. The fourth-order valence-electron chi connectivity index (χ4n) is 2.12. The van der Waals surface area contributed by atoms with Crippen molar-refractivity contribution in [2.75, 3.05) is 0 Å². The maximum atomic E-state index is 10.9. The molecule has 0 saturated carbocycles. The largest absolute Gasteiger partial charge is 0.300 e. The minimum Gasteiger partial charge on any atom is -0.300 e. The zero-order valence-corrected chi connectivity index (χ0v) is 14.0. The third-order valence-corrected chi connectivity index (χ3v) is 4.52. The molecule has 0 N–H and O–H groups in total. The van der Waals surface area contributed by atoms with Crippen LogP contribution < -0.4 is 0 Å².